The van der Waals surface area contributed by atoms with Gasteiger partial charge < -0.3 is 14.2 Å². The van der Waals surface area contributed by atoms with Crippen molar-refractivity contribution in [3.05, 3.63) is 72.3 Å². The maximum Gasteiger partial charge on any atom is 0.343 e. The zero-order valence-electron chi connectivity index (χ0n) is 17.4. The van der Waals surface area contributed by atoms with Crippen LogP contribution in [0.25, 0.3) is 0 Å². The van der Waals surface area contributed by atoms with Crippen molar-refractivity contribution in [2.24, 2.45) is 0 Å². The van der Waals surface area contributed by atoms with Gasteiger partial charge in [0, 0.05) is 19.1 Å². The maximum absolute atomic E-state index is 12.9. The van der Waals surface area contributed by atoms with Crippen molar-refractivity contribution in [1.82, 2.24) is 0 Å². The summed E-state index contributed by atoms with van der Waals surface area (Å²) in [5, 5.41) is 0. The van der Waals surface area contributed by atoms with Crippen LogP contribution >= 0.6 is 0 Å². The lowest BCUT2D eigenvalue weighted by Gasteiger charge is -2.22. The molecule has 0 N–H and O–H groups in total. The van der Waals surface area contributed by atoms with Gasteiger partial charge in [-0.25, -0.2) is 4.79 Å². The highest BCUT2D eigenvalue weighted by Gasteiger charge is 2.43. The molecule has 1 atom stereocenters. The SMILES string of the molecule is CCCCOC(=O)c1cccc2c1[S+](c1ccccc1)c1ccc(OC(C)=O)cc1O2. The Morgan fingerprint density at radius 2 is 1.77 bits per heavy atom. The average molecular weight is 436 g/mol. The Hall–Kier alpha value is -3.25. The molecule has 0 radical (unpaired) electrons. The summed E-state index contributed by atoms with van der Waals surface area (Å²) in [6.45, 7) is 3.81. The summed E-state index contributed by atoms with van der Waals surface area (Å²) in [7, 11) is -0.585. The minimum absolute atomic E-state index is 0.345. The Morgan fingerprint density at radius 3 is 2.52 bits per heavy atom. The second-order valence-electron chi connectivity index (χ2n) is 7.05. The van der Waals surface area contributed by atoms with Gasteiger partial charge in [-0.05, 0) is 36.8 Å². The van der Waals surface area contributed by atoms with E-state index in [1.165, 1.54) is 6.92 Å². The van der Waals surface area contributed by atoms with E-state index in [4.69, 9.17) is 14.2 Å². The lowest BCUT2D eigenvalue weighted by molar-refractivity contribution is -0.131. The molecule has 1 heterocycles. The molecule has 1 aliphatic rings. The summed E-state index contributed by atoms with van der Waals surface area (Å²) in [6, 6.07) is 20.8. The molecule has 5 nitrogen and oxygen atoms in total. The van der Waals surface area contributed by atoms with Crippen molar-refractivity contribution in [3.8, 4) is 17.2 Å². The zero-order valence-corrected chi connectivity index (χ0v) is 18.2. The van der Waals surface area contributed by atoms with Crippen LogP contribution in [0.15, 0.2) is 81.4 Å². The minimum atomic E-state index is -0.585. The first-order valence-electron chi connectivity index (χ1n) is 10.2. The number of benzene rings is 3. The van der Waals surface area contributed by atoms with Crippen LogP contribution in [-0.4, -0.2) is 18.5 Å². The highest BCUT2D eigenvalue weighted by atomic mass is 32.2. The molecule has 1 aliphatic heterocycles. The van der Waals surface area contributed by atoms with Gasteiger partial charge >= 0.3 is 11.9 Å². The molecule has 31 heavy (non-hydrogen) atoms. The Bertz CT molecular complexity index is 1110. The van der Waals surface area contributed by atoms with Gasteiger partial charge in [0.25, 0.3) is 0 Å². The first kappa shape index (κ1) is 21.0. The molecule has 0 aliphatic carbocycles. The second kappa shape index (κ2) is 9.27. The molecule has 0 bridgehead atoms. The monoisotopic (exact) mass is 435 g/mol. The number of ether oxygens (including phenoxy) is 3. The molecule has 0 aromatic heterocycles. The predicted octanol–water partition coefficient (Wildman–Crippen LogP) is 5.77. The molecule has 0 fully saturated rings. The van der Waals surface area contributed by atoms with Crippen LogP contribution in [0.1, 0.15) is 37.0 Å². The summed E-state index contributed by atoms with van der Waals surface area (Å²) in [5.41, 5.74) is 0.510. The molecule has 3 aromatic rings. The van der Waals surface area contributed by atoms with E-state index >= 15 is 0 Å². The van der Waals surface area contributed by atoms with Gasteiger partial charge in [0.1, 0.15) is 22.2 Å². The third-order valence-electron chi connectivity index (χ3n) is 4.73. The largest absolute Gasteiger partial charge is 0.462 e. The van der Waals surface area contributed by atoms with Crippen LogP contribution in [0, 0.1) is 0 Å². The highest BCUT2D eigenvalue weighted by molar-refractivity contribution is 7.97. The number of esters is 2. The van der Waals surface area contributed by atoms with Crippen LogP contribution in [0.5, 0.6) is 17.2 Å². The van der Waals surface area contributed by atoms with Crippen LogP contribution in [-0.2, 0) is 20.4 Å². The number of hydrogen-bond acceptors (Lipinski definition) is 5. The fourth-order valence-corrected chi connectivity index (χ4v) is 5.68. The lowest BCUT2D eigenvalue weighted by Crippen LogP contribution is -2.18. The number of carbonyl (C=O) groups is 2. The fraction of sp³-hybridized carbons (Fsp3) is 0.200. The molecular weight excluding hydrogens is 412 g/mol. The summed E-state index contributed by atoms with van der Waals surface area (Å²) in [5.74, 6) is 0.888. The van der Waals surface area contributed by atoms with Crippen molar-refractivity contribution in [1.29, 1.82) is 0 Å². The molecule has 1 unspecified atom stereocenters. The van der Waals surface area contributed by atoms with E-state index < -0.39 is 16.9 Å². The molecule has 4 rings (SSSR count). The average Bonchev–Trinajstić information content (AvgIpc) is 2.77. The second-order valence-corrected chi connectivity index (χ2v) is 8.98. The smallest absolute Gasteiger partial charge is 0.343 e. The Balaban J connectivity index is 1.83. The van der Waals surface area contributed by atoms with E-state index in [1.807, 2.05) is 42.5 Å². The fourth-order valence-electron chi connectivity index (χ4n) is 3.35. The van der Waals surface area contributed by atoms with Gasteiger partial charge in [0.05, 0.1) is 6.61 Å². The summed E-state index contributed by atoms with van der Waals surface area (Å²) < 4.78 is 16.9. The Morgan fingerprint density at radius 1 is 0.968 bits per heavy atom. The van der Waals surface area contributed by atoms with Crippen molar-refractivity contribution < 1.29 is 23.8 Å². The molecule has 0 saturated carbocycles. The summed E-state index contributed by atoms with van der Waals surface area (Å²) in [6.07, 6.45) is 1.78. The Kier molecular flexibility index (Phi) is 6.28. The number of rotatable bonds is 6. The van der Waals surface area contributed by atoms with E-state index in [0.29, 0.717) is 29.4 Å². The van der Waals surface area contributed by atoms with Crippen LogP contribution < -0.4 is 9.47 Å². The molecule has 0 amide bonds. The maximum atomic E-state index is 12.9. The van der Waals surface area contributed by atoms with Gasteiger partial charge in [-0.15, -0.1) is 0 Å². The third-order valence-corrected chi connectivity index (χ3v) is 7.08. The number of hydrogen-bond donors (Lipinski definition) is 0. The van der Waals surface area contributed by atoms with Gasteiger partial charge in [0.15, 0.2) is 16.4 Å². The quantitative estimate of drug-likeness (QED) is 0.167. The summed E-state index contributed by atoms with van der Waals surface area (Å²) >= 11 is 0. The van der Waals surface area contributed by atoms with Crippen LogP contribution in [0.3, 0.4) is 0 Å². The highest BCUT2D eigenvalue weighted by Crippen LogP contribution is 2.49. The van der Waals surface area contributed by atoms with Gasteiger partial charge in [-0.2, -0.15) is 0 Å². The van der Waals surface area contributed by atoms with Crippen LogP contribution in [0.4, 0.5) is 0 Å². The normalized spacial score (nSPS) is 14.1. The van der Waals surface area contributed by atoms with E-state index in [0.717, 1.165) is 27.5 Å². The Labute approximate surface area is 184 Å². The van der Waals surface area contributed by atoms with Crippen molar-refractivity contribution >= 4 is 22.8 Å². The predicted molar refractivity (Wildman–Crippen MR) is 118 cm³/mol. The van der Waals surface area contributed by atoms with Gasteiger partial charge in [-0.3, -0.25) is 4.79 Å². The van der Waals surface area contributed by atoms with E-state index in [-0.39, 0.29) is 5.97 Å². The number of carbonyl (C=O) groups excluding carboxylic acids is 2. The zero-order chi connectivity index (χ0) is 21.8. The molecule has 6 heteroatoms. The van der Waals surface area contributed by atoms with Crippen LogP contribution in [0.2, 0.25) is 0 Å². The molecular formula is C25H23O5S+. The standard InChI is InChI=1S/C25H23O5S/c1-3-4-15-28-25(27)20-11-8-12-21-24(20)31(19-9-6-5-7-10-19)23-14-13-18(29-17(2)26)16-22(23)30-21/h5-14,16H,3-4,15H2,1-2H3/q+1. The molecule has 0 spiro atoms. The molecule has 3 aromatic carbocycles. The van der Waals surface area contributed by atoms with Gasteiger partial charge in [0.2, 0.25) is 9.79 Å². The minimum Gasteiger partial charge on any atom is -0.462 e. The molecule has 158 valence electrons. The third kappa shape index (κ3) is 4.44. The summed E-state index contributed by atoms with van der Waals surface area (Å²) in [4.78, 5) is 27.1. The lowest BCUT2D eigenvalue weighted by atomic mass is 10.2. The first-order chi connectivity index (χ1) is 15.1. The van der Waals surface area contributed by atoms with Crippen molar-refractivity contribution in [3.63, 3.8) is 0 Å². The first-order valence-corrected chi connectivity index (χ1v) is 11.4. The van der Waals surface area contributed by atoms with E-state index in [9.17, 15) is 9.59 Å². The molecule has 0 saturated heterocycles. The topological polar surface area (TPSA) is 61.8 Å². The van der Waals surface area contributed by atoms with Crippen molar-refractivity contribution in [2.75, 3.05) is 6.61 Å². The van der Waals surface area contributed by atoms with Gasteiger partial charge in [-0.1, -0.05) is 37.6 Å². The number of unbranched alkanes of at least 4 members (excludes halogenated alkanes) is 1. The van der Waals surface area contributed by atoms with E-state index in [2.05, 4.69) is 6.92 Å². The van der Waals surface area contributed by atoms with E-state index in [1.54, 1.807) is 24.3 Å². The number of fused-ring (bicyclic) bond motifs is 2. The van der Waals surface area contributed by atoms with Crippen molar-refractivity contribution in [2.45, 2.75) is 41.4 Å².